The van der Waals surface area contributed by atoms with Crippen molar-refractivity contribution in [2.75, 3.05) is 20.1 Å². The Labute approximate surface area is 290 Å². The highest BCUT2D eigenvalue weighted by molar-refractivity contribution is 5.97. The molecule has 0 spiro atoms. The number of likely N-dealkylation sites (tertiary alicyclic amines) is 1. The lowest BCUT2D eigenvalue weighted by Crippen LogP contribution is -2.31. The van der Waals surface area contributed by atoms with Crippen molar-refractivity contribution in [3.05, 3.63) is 136 Å². The fourth-order valence-electron chi connectivity index (χ4n) is 7.04. The normalized spacial score (nSPS) is 14.8. The summed E-state index contributed by atoms with van der Waals surface area (Å²) in [6.07, 6.45) is 6.95. The number of nitrogens with one attached hydrogen (secondary N) is 1. The average molecular weight is 656 g/mol. The van der Waals surface area contributed by atoms with Gasteiger partial charge >= 0.3 is 0 Å². The van der Waals surface area contributed by atoms with E-state index in [2.05, 4.69) is 59.0 Å². The first-order chi connectivity index (χ1) is 23.9. The number of aryl methyl sites for hydroxylation is 4. The molecule has 1 saturated heterocycles. The molecule has 0 aliphatic carbocycles. The Morgan fingerprint density at radius 3 is 2.27 bits per heavy atom. The number of nitrogens with zero attached hydrogens (tertiary/aromatic N) is 4. The molecule has 8 nitrogen and oxygen atoms in total. The summed E-state index contributed by atoms with van der Waals surface area (Å²) in [5.74, 6) is 1.14. The van der Waals surface area contributed by atoms with Gasteiger partial charge in [-0.1, -0.05) is 78.9 Å². The van der Waals surface area contributed by atoms with Gasteiger partial charge in [-0.3, -0.25) is 10.2 Å². The molecule has 2 heterocycles. The molecule has 1 amide bonds. The maximum atomic E-state index is 14.2. The molecule has 1 aliphatic rings. The lowest BCUT2D eigenvalue weighted by atomic mass is 10.1. The van der Waals surface area contributed by atoms with Crippen molar-refractivity contribution in [3.8, 4) is 0 Å². The van der Waals surface area contributed by atoms with E-state index in [4.69, 9.17) is 21.9 Å². The Bertz CT molecular complexity index is 1850. The Morgan fingerprint density at radius 1 is 0.878 bits per heavy atom. The fourth-order valence-corrected chi connectivity index (χ4v) is 7.04. The molecule has 6 rings (SSSR count). The number of amides is 1. The zero-order chi connectivity index (χ0) is 34.2. The van der Waals surface area contributed by atoms with E-state index in [1.54, 1.807) is 0 Å². The van der Waals surface area contributed by atoms with Crippen LogP contribution < -0.4 is 11.5 Å². The molecule has 8 heteroatoms. The number of imidazole rings is 1. The van der Waals surface area contributed by atoms with Crippen molar-refractivity contribution in [1.82, 2.24) is 19.4 Å². The van der Waals surface area contributed by atoms with Gasteiger partial charge in [0.1, 0.15) is 11.7 Å². The predicted molar refractivity (Wildman–Crippen MR) is 199 cm³/mol. The predicted octanol–water partition coefficient (Wildman–Crippen LogP) is 6.32. The van der Waals surface area contributed by atoms with E-state index in [-0.39, 0.29) is 11.7 Å². The molecule has 0 radical (unpaired) electrons. The number of hydrogen-bond acceptors (Lipinski definition) is 5. The van der Waals surface area contributed by atoms with E-state index >= 15 is 0 Å². The molecule has 5 N–H and O–H groups in total. The minimum Gasteiger partial charge on any atom is -0.384 e. The number of carbonyl (C=O) groups excluding carboxylic acids is 1. The zero-order valence-corrected chi connectivity index (χ0v) is 28.7. The molecular weight excluding hydrogens is 606 g/mol. The van der Waals surface area contributed by atoms with Crippen LogP contribution in [0.3, 0.4) is 0 Å². The minimum absolute atomic E-state index is 0.0205. The SMILES string of the molecule is CN1CCCC1CCn1c(CCc2ccc(C(=N)N)cc2)nc2cc(C(=O)N(CCCc3ccccc3)Cc3ccc(CN)cc3)ccc21. The van der Waals surface area contributed by atoms with E-state index in [0.717, 1.165) is 78.7 Å². The van der Waals surface area contributed by atoms with Gasteiger partial charge in [-0.15, -0.1) is 0 Å². The second kappa shape index (κ2) is 16.1. The molecule has 49 heavy (non-hydrogen) atoms. The maximum absolute atomic E-state index is 14.2. The number of rotatable bonds is 15. The van der Waals surface area contributed by atoms with Gasteiger partial charge in [-0.05, 0) is 92.6 Å². The van der Waals surface area contributed by atoms with Gasteiger partial charge in [-0.2, -0.15) is 0 Å². The summed E-state index contributed by atoms with van der Waals surface area (Å²) in [5, 5.41) is 7.71. The number of amidine groups is 1. The van der Waals surface area contributed by atoms with E-state index in [9.17, 15) is 4.79 Å². The van der Waals surface area contributed by atoms with Crippen molar-refractivity contribution in [2.45, 2.75) is 70.6 Å². The number of nitrogen functional groups attached to an aromatic ring is 1. The summed E-state index contributed by atoms with van der Waals surface area (Å²) in [6.45, 7) is 3.73. The van der Waals surface area contributed by atoms with Crippen LogP contribution in [-0.4, -0.2) is 57.3 Å². The van der Waals surface area contributed by atoms with Gasteiger partial charge < -0.3 is 25.8 Å². The molecule has 1 unspecified atom stereocenters. The van der Waals surface area contributed by atoms with Crippen LogP contribution >= 0.6 is 0 Å². The second-order valence-corrected chi connectivity index (χ2v) is 13.4. The lowest BCUT2D eigenvalue weighted by Gasteiger charge is -2.23. The highest BCUT2D eigenvalue weighted by Crippen LogP contribution is 2.25. The average Bonchev–Trinajstić information content (AvgIpc) is 3.71. The van der Waals surface area contributed by atoms with Gasteiger partial charge in [-0.25, -0.2) is 4.98 Å². The summed E-state index contributed by atoms with van der Waals surface area (Å²) < 4.78 is 2.37. The van der Waals surface area contributed by atoms with Crippen LogP contribution in [0.1, 0.15) is 69.7 Å². The summed E-state index contributed by atoms with van der Waals surface area (Å²) in [7, 11) is 2.23. The molecule has 1 atom stereocenters. The summed E-state index contributed by atoms with van der Waals surface area (Å²) in [6, 6.07) is 33.2. The van der Waals surface area contributed by atoms with Crippen molar-refractivity contribution in [2.24, 2.45) is 11.5 Å². The maximum Gasteiger partial charge on any atom is 0.254 e. The second-order valence-electron chi connectivity index (χ2n) is 13.4. The molecule has 0 saturated carbocycles. The van der Waals surface area contributed by atoms with Gasteiger partial charge in [0, 0.05) is 49.8 Å². The third-order valence-corrected chi connectivity index (χ3v) is 9.99. The summed E-state index contributed by atoms with van der Waals surface area (Å²) >= 11 is 0. The fraction of sp³-hybridized carbons (Fsp3) is 0.341. The quantitative estimate of drug-likeness (QED) is 0.0901. The Balaban J connectivity index is 1.25. The number of hydrogen-bond donors (Lipinski definition) is 3. The van der Waals surface area contributed by atoms with Crippen molar-refractivity contribution < 1.29 is 4.79 Å². The van der Waals surface area contributed by atoms with Gasteiger partial charge in [0.15, 0.2) is 0 Å². The Kier molecular flexibility index (Phi) is 11.2. The molecule has 5 aromatic rings. The molecule has 4 aromatic carbocycles. The minimum atomic E-state index is 0.0205. The van der Waals surface area contributed by atoms with Crippen molar-refractivity contribution in [3.63, 3.8) is 0 Å². The van der Waals surface area contributed by atoms with E-state index < -0.39 is 0 Å². The van der Waals surface area contributed by atoms with Gasteiger partial charge in [0.2, 0.25) is 0 Å². The standard InChI is InChI=1S/C41H49N7O/c1-46-24-6-10-36(46)23-26-48-38-21-20-35(27-37(38)45-39(48)22-17-31-15-18-34(19-16-31)40(43)44)41(49)47(25-5-9-30-7-3-2-4-8-30)29-33-13-11-32(28-42)12-14-33/h2-4,7-8,11-16,18-21,27,36H,5-6,9-10,17,22-26,28-29,42H2,1H3,(H3,43,44). The van der Waals surface area contributed by atoms with Crippen LogP contribution in [0.15, 0.2) is 97.1 Å². The van der Waals surface area contributed by atoms with Gasteiger partial charge in [0.05, 0.1) is 11.0 Å². The smallest absolute Gasteiger partial charge is 0.254 e. The molecule has 1 aliphatic heterocycles. The first-order valence-electron chi connectivity index (χ1n) is 17.6. The zero-order valence-electron chi connectivity index (χ0n) is 28.7. The number of benzene rings is 4. The Morgan fingerprint density at radius 2 is 1.57 bits per heavy atom. The van der Waals surface area contributed by atoms with Crippen LogP contribution in [-0.2, 0) is 38.9 Å². The Hall–Kier alpha value is -4.79. The molecule has 254 valence electrons. The van der Waals surface area contributed by atoms with Crippen LogP contribution in [0.2, 0.25) is 0 Å². The largest absolute Gasteiger partial charge is 0.384 e. The molecular formula is C41H49N7O. The number of fused-ring (bicyclic) bond motifs is 1. The van der Waals surface area contributed by atoms with Crippen LogP contribution in [0.25, 0.3) is 11.0 Å². The number of aromatic nitrogens is 2. The summed E-state index contributed by atoms with van der Waals surface area (Å²) in [4.78, 5) is 23.8. The number of nitrogens with two attached hydrogens (primary N) is 2. The topological polar surface area (TPSA) is 117 Å². The lowest BCUT2D eigenvalue weighted by molar-refractivity contribution is 0.0741. The third-order valence-electron chi connectivity index (χ3n) is 9.99. The molecule has 1 fully saturated rings. The van der Waals surface area contributed by atoms with Crippen LogP contribution in [0.5, 0.6) is 0 Å². The van der Waals surface area contributed by atoms with Gasteiger partial charge in [0.25, 0.3) is 5.91 Å². The van der Waals surface area contributed by atoms with E-state index in [1.165, 1.54) is 24.0 Å². The van der Waals surface area contributed by atoms with Crippen LogP contribution in [0, 0.1) is 5.41 Å². The monoisotopic (exact) mass is 655 g/mol. The van der Waals surface area contributed by atoms with Crippen molar-refractivity contribution in [1.29, 1.82) is 5.41 Å². The van der Waals surface area contributed by atoms with Crippen molar-refractivity contribution >= 4 is 22.8 Å². The first kappa shape index (κ1) is 34.1. The summed E-state index contributed by atoms with van der Waals surface area (Å²) in [5.41, 5.74) is 19.5. The molecule has 0 bridgehead atoms. The third kappa shape index (κ3) is 8.63. The molecule has 1 aromatic heterocycles. The van der Waals surface area contributed by atoms with Crippen LogP contribution in [0.4, 0.5) is 0 Å². The highest BCUT2D eigenvalue weighted by Gasteiger charge is 2.23. The number of carbonyl (C=O) groups is 1. The van der Waals surface area contributed by atoms with E-state index in [0.29, 0.717) is 31.2 Å². The van der Waals surface area contributed by atoms with E-state index in [1.807, 2.05) is 59.5 Å². The first-order valence-corrected chi connectivity index (χ1v) is 17.6. The highest BCUT2D eigenvalue weighted by atomic mass is 16.2.